The zero-order chi connectivity index (χ0) is 18.9. The van der Waals surface area contributed by atoms with Crippen LogP contribution in [0, 0.1) is 0 Å². The van der Waals surface area contributed by atoms with E-state index in [9.17, 15) is 13.2 Å². The van der Waals surface area contributed by atoms with Crippen molar-refractivity contribution in [1.82, 2.24) is 9.21 Å². The van der Waals surface area contributed by atoms with Crippen LogP contribution in [0.1, 0.15) is 18.6 Å². The normalized spacial score (nSPS) is 19.7. The Bertz CT molecular complexity index is 886. The van der Waals surface area contributed by atoms with Gasteiger partial charge < -0.3 is 9.32 Å². The summed E-state index contributed by atoms with van der Waals surface area (Å²) in [6.45, 7) is 3.63. The molecular weight excluding hydrogens is 366 g/mol. The van der Waals surface area contributed by atoms with E-state index in [-0.39, 0.29) is 10.8 Å². The first kappa shape index (κ1) is 18.2. The van der Waals surface area contributed by atoms with Gasteiger partial charge in [-0.1, -0.05) is 0 Å². The van der Waals surface area contributed by atoms with Gasteiger partial charge in [-0.15, -0.1) is 0 Å². The van der Waals surface area contributed by atoms with Gasteiger partial charge in [-0.2, -0.15) is 4.31 Å². The van der Waals surface area contributed by atoms with E-state index in [2.05, 4.69) is 4.90 Å². The van der Waals surface area contributed by atoms with Crippen LogP contribution in [-0.4, -0.2) is 56.3 Å². The molecule has 8 heteroatoms. The van der Waals surface area contributed by atoms with Crippen LogP contribution < -0.4 is 4.90 Å². The lowest BCUT2D eigenvalue weighted by atomic mass is 10.3. The zero-order valence-corrected chi connectivity index (χ0v) is 15.9. The third-order valence-electron chi connectivity index (χ3n) is 5.15. The van der Waals surface area contributed by atoms with Gasteiger partial charge in [-0.05, 0) is 42.8 Å². The Balaban J connectivity index is 1.40. The fraction of sp³-hybridized carbons (Fsp3) is 0.421. The molecule has 2 aliphatic rings. The Morgan fingerprint density at radius 2 is 1.70 bits per heavy atom. The van der Waals surface area contributed by atoms with Crippen molar-refractivity contribution < 1.29 is 17.6 Å². The van der Waals surface area contributed by atoms with Crippen molar-refractivity contribution in [1.29, 1.82) is 0 Å². The molecule has 7 nitrogen and oxygen atoms in total. The second-order valence-electron chi connectivity index (χ2n) is 6.90. The van der Waals surface area contributed by atoms with E-state index in [4.69, 9.17) is 4.42 Å². The molecule has 2 saturated heterocycles. The summed E-state index contributed by atoms with van der Waals surface area (Å²) in [5.74, 6) is 0.983. The lowest BCUT2D eigenvalue weighted by Gasteiger charge is -2.33. The minimum absolute atomic E-state index is 0.0956. The maximum absolute atomic E-state index is 12.9. The molecule has 1 aromatic heterocycles. The molecule has 27 heavy (non-hydrogen) atoms. The molecule has 0 atom stereocenters. The molecule has 144 valence electrons. The third kappa shape index (κ3) is 3.78. The Labute approximate surface area is 159 Å². The smallest absolute Gasteiger partial charge is 0.243 e. The topological polar surface area (TPSA) is 74.1 Å². The van der Waals surface area contributed by atoms with Gasteiger partial charge in [0.15, 0.2) is 0 Å². The average molecular weight is 389 g/mol. The third-order valence-corrected chi connectivity index (χ3v) is 7.06. The second-order valence-corrected chi connectivity index (χ2v) is 8.84. The summed E-state index contributed by atoms with van der Waals surface area (Å²) in [4.78, 5) is 16.0. The molecule has 0 aliphatic carbocycles. The SMILES string of the molecule is O=C1CCCN1c1ccc(S(=O)(=O)N2CCN(Cc3ccco3)CC2)cc1. The van der Waals surface area contributed by atoms with Crippen LogP contribution in [0.25, 0.3) is 0 Å². The van der Waals surface area contributed by atoms with Crippen molar-refractivity contribution in [3.05, 3.63) is 48.4 Å². The molecular formula is C19H23N3O4S. The molecule has 1 aromatic carbocycles. The molecule has 0 radical (unpaired) electrons. The Kier molecular flexibility index (Phi) is 5.03. The summed E-state index contributed by atoms with van der Waals surface area (Å²) in [7, 11) is -3.52. The van der Waals surface area contributed by atoms with Crippen LogP contribution in [0.2, 0.25) is 0 Å². The quantitative estimate of drug-likeness (QED) is 0.781. The highest BCUT2D eigenvalue weighted by molar-refractivity contribution is 7.89. The molecule has 3 heterocycles. The van der Waals surface area contributed by atoms with Gasteiger partial charge in [0.2, 0.25) is 15.9 Å². The minimum Gasteiger partial charge on any atom is -0.468 e. The van der Waals surface area contributed by atoms with Gasteiger partial charge in [0.1, 0.15) is 5.76 Å². The van der Waals surface area contributed by atoms with Gasteiger partial charge in [0.25, 0.3) is 0 Å². The fourth-order valence-electron chi connectivity index (χ4n) is 3.62. The number of piperazine rings is 1. The molecule has 0 spiro atoms. The molecule has 2 aliphatic heterocycles. The lowest BCUT2D eigenvalue weighted by Crippen LogP contribution is -2.48. The van der Waals surface area contributed by atoms with Crippen molar-refractivity contribution in [3.63, 3.8) is 0 Å². The van der Waals surface area contributed by atoms with Crippen molar-refractivity contribution in [2.45, 2.75) is 24.3 Å². The van der Waals surface area contributed by atoms with Crippen LogP contribution in [0.15, 0.2) is 52.0 Å². The van der Waals surface area contributed by atoms with Crippen molar-refractivity contribution in [2.24, 2.45) is 0 Å². The van der Waals surface area contributed by atoms with Crippen molar-refractivity contribution >= 4 is 21.6 Å². The summed E-state index contributed by atoms with van der Waals surface area (Å²) >= 11 is 0. The highest BCUT2D eigenvalue weighted by atomic mass is 32.2. The monoisotopic (exact) mass is 389 g/mol. The zero-order valence-electron chi connectivity index (χ0n) is 15.1. The molecule has 0 saturated carbocycles. The van der Waals surface area contributed by atoms with Gasteiger partial charge >= 0.3 is 0 Å². The number of anilines is 1. The Morgan fingerprint density at radius 3 is 2.30 bits per heavy atom. The first-order chi connectivity index (χ1) is 13.0. The van der Waals surface area contributed by atoms with Crippen LogP contribution in [-0.2, 0) is 21.4 Å². The average Bonchev–Trinajstić information content (AvgIpc) is 3.34. The van der Waals surface area contributed by atoms with E-state index in [0.29, 0.717) is 45.7 Å². The Morgan fingerprint density at radius 1 is 0.963 bits per heavy atom. The number of carbonyl (C=O) groups is 1. The number of hydrogen-bond acceptors (Lipinski definition) is 5. The van der Waals surface area contributed by atoms with Gasteiger partial charge in [-0.3, -0.25) is 9.69 Å². The van der Waals surface area contributed by atoms with E-state index in [1.165, 1.54) is 4.31 Å². The highest BCUT2D eigenvalue weighted by Gasteiger charge is 2.29. The molecule has 0 N–H and O–H groups in total. The summed E-state index contributed by atoms with van der Waals surface area (Å²) in [5, 5.41) is 0. The van der Waals surface area contributed by atoms with E-state index in [1.807, 2.05) is 12.1 Å². The largest absolute Gasteiger partial charge is 0.468 e. The summed E-state index contributed by atoms with van der Waals surface area (Å²) in [6, 6.07) is 10.4. The summed E-state index contributed by atoms with van der Waals surface area (Å²) in [5.41, 5.74) is 0.764. The molecule has 4 rings (SSSR count). The maximum Gasteiger partial charge on any atom is 0.243 e. The number of carbonyl (C=O) groups excluding carboxylic acids is 1. The Hall–Kier alpha value is -2.16. The molecule has 0 unspecified atom stereocenters. The van der Waals surface area contributed by atoms with Gasteiger partial charge in [-0.25, -0.2) is 8.42 Å². The van der Waals surface area contributed by atoms with Crippen LogP contribution in [0.3, 0.4) is 0 Å². The summed E-state index contributed by atoms with van der Waals surface area (Å²) in [6.07, 6.45) is 3.05. The van der Waals surface area contributed by atoms with Crippen LogP contribution in [0.4, 0.5) is 5.69 Å². The number of rotatable bonds is 5. The molecule has 2 fully saturated rings. The second kappa shape index (κ2) is 7.46. The number of amides is 1. The molecule has 1 amide bonds. The predicted molar refractivity (Wildman–Crippen MR) is 101 cm³/mol. The number of hydrogen-bond donors (Lipinski definition) is 0. The summed E-state index contributed by atoms with van der Waals surface area (Å²) < 4.78 is 32.7. The van der Waals surface area contributed by atoms with Crippen LogP contribution >= 0.6 is 0 Å². The minimum atomic E-state index is -3.52. The van der Waals surface area contributed by atoms with Crippen molar-refractivity contribution in [3.8, 4) is 0 Å². The van der Waals surface area contributed by atoms with Crippen LogP contribution in [0.5, 0.6) is 0 Å². The van der Waals surface area contributed by atoms with E-state index < -0.39 is 10.0 Å². The highest BCUT2D eigenvalue weighted by Crippen LogP contribution is 2.25. The fourth-order valence-corrected chi connectivity index (χ4v) is 5.04. The van der Waals surface area contributed by atoms with Gasteiger partial charge in [0.05, 0.1) is 17.7 Å². The number of sulfonamides is 1. The predicted octanol–water partition coefficient (Wildman–Crippen LogP) is 1.91. The maximum atomic E-state index is 12.9. The number of nitrogens with zero attached hydrogens (tertiary/aromatic N) is 3. The van der Waals surface area contributed by atoms with E-state index >= 15 is 0 Å². The first-order valence-corrected chi connectivity index (χ1v) is 10.6. The molecule has 0 bridgehead atoms. The standard InChI is InChI=1S/C19H23N3O4S/c23-19-4-1-9-22(19)16-5-7-18(8-6-16)27(24,25)21-12-10-20(11-13-21)15-17-3-2-14-26-17/h2-3,5-8,14H,1,4,9-13,15H2. The van der Waals surface area contributed by atoms with E-state index in [0.717, 1.165) is 17.9 Å². The number of furan rings is 1. The lowest BCUT2D eigenvalue weighted by molar-refractivity contribution is -0.117. The van der Waals surface area contributed by atoms with E-state index in [1.54, 1.807) is 35.4 Å². The number of benzene rings is 1. The van der Waals surface area contributed by atoms with Gasteiger partial charge in [0, 0.05) is 44.8 Å². The first-order valence-electron chi connectivity index (χ1n) is 9.19. The molecule has 2 aromatic rings. The van der Waals surface area contributed by atoms with Crippen molar-refractivity contribution in [2.75, 3.05) is 37.6 Å².